The van der Waals surface area contributed by atoms with Crippen LogP contribution in [0.4, 0.5) is 0 Å². The van der Waals surface area contributed by atoms with Crippen molar-refractivity contribution in [3.8, 4) is 0 Å². The van der Waals surface area contributed by atoms with Crippen LogP contribution in [0, 0.1) is 5.92 Å². The highest BCUT2D eigenvalue weighted by molar-refractivity contribution is 5.66. The Bertz CT molecular complexity index is 1010. The summed E-state index contributed by atoms with van der Waals surface area (Å²) >= 11 is 0. The summed E-state index contributed by atoms with van der Waals surface area (Å²) in [6.07, 6.45) is 2.34. The molecule has 2 aromatic carbocycles. The van der Waals surface area contributed by atoms with Crippen LogP contribution in [0.2, 0.25) is 0 Å². The lowest BCUT2D eigenvalue weighted by Gasteiger charge is -2.44. The van der Waals surface area contributed by atoms with Crippen LogP contribution >= 0.6 is 0 Å². The van der Waals surface area contributed by atoms with Crippen molar-refractivity contribution in [2.75, 3.05) is 13.2 Å². The van der Waals surface area contributed by atoms with Gasteiger partial charge in [-0.1, -0.05) is 72.8 Å². The maximum absolute atomic E-state index is 12.0. The standard InChI is InChI=1S/C30H36O8/c1-21(31)35-28-16-26(20-34-18-24-12-7-4-8-13-24)38-30(36-22(2)32)29(28)27-15-9-14-25(37-27)19-33-17-23-10-5-3-6-11-23/h3-13,15,25-30H,14,16-20H2,1-2H3/t25-,26-,27-,28-,29+,30-/m0/s1. The third-order valence-corrected chi connectivity index (χ3v) is 6.45. The van der Waals surface area contributed by atoms with Crippen LogP contribution in [-0.4, -0.2) is 55.9 Å². The van der Waals surface area contributed by atoms with Crippen molar-refractivity contribution >= 4 is 11.9 Å². The molecule has 1 saturated heterocycles. The molecule has 204 valence electrons. The van der Waals surface area contributed by atoms with Gasteiger partial charge in [0.05, 0.1) is 50.7 Å². The average molecular weight is 525 g/mol. The highest BCUT2D eigenvalue weighted by Crippen LogP contribution is 2.35. The van der Waals surface area contributed by atoms with Crippen LogP contribution in [0.5, 0.6) is 0 Å². The fourth-order valence-corrected chi connectivity index (χ4v) is 4.79. The number of carbonyl (C=O) groups is 2. The van der Waals surface area contributed by atoms with Crippen LogP contribution in [0.15, 0.2) is 72.8 Å². The van der Waals surface area contributed by atoms with Gasteiger partial charge in [-0.2, -0.15) is 0 Å². The molecule has 6 atom stereocenters. The molecule has 0 radical (unpaired) electrons. The molecule has 2 heterocycles. The smallest absolute Gasteiger partial charge is 0.304 e. The topological polar surface area (TPSA) is 89.5 Å². The summed E-state index contributed by atoms with van der Waals surface area (Å²) in [6.45, 7) is 4.25. The third-order valence-electron chi connectivity index (χ3n) is 6.45. The highest BCUT2D eigenvalue weighted by atomic mass is 16.7. The van der Waals surface area contributed by atoms with E-state index < -0.39 is 42.5 Å². The van der Waals surface area contributed by atoms with Gasteiger partial charge in [-0.05, 0) is 17.5 Å². The summed E-state index contributed by atoms with van der Waals surface area (Å²) in [5.41, 5.74) is 2.12. The van der Waals surface area contributed by atoms with Crippen LogP contribution < -0.4 is 0 Å². The van der Waals surface area contributed by atoms with E-state index in [2.05, 4.69) is 0 Å². The number of carbonyl (C=O) groups excluding carboxylic acids is 2. The van der Waals surface area contributed by atoms with E-state index in [4.69, 9.17) is 28.4 Å². The zero-order valence-corrected chi connectivity index (χ0v) is 21.9. The first-order valence-electron chi connectivity index (χ1n) is 13.0. The third kappa shape index (κ3) is 8.49. The van der Waals surface area contributed by atoms with E-state index in [1.165, 1.54) is 13.8 Å². The molecule has 2 aliphatic heterocycles. The van der Waals surface area contributed by atoms with Gasteiger partial charge in [-0.3, -0.25) is 9.59 Å². The molecule has 1 fully saturated rings. The van der Waals surface area contributed by atoms with E-state index in [1.807, 2.05) is 72.8 Å². The molecule has 0 N–H and O–H groups in total. The lowest BCUT2D eigenvalue weighted by molar-refractivity contribution is -0.268. The summed E-state index contributed by atoms with van der Waals surface area (Å²) < 4.78 is 35.6. The molecule has 0 aromatic heterocycles. The molecule has 2 aromatic rings. The minimum Gasteiger partial charge on any atom is -0.462 e. The van der Waals surface area contributed by atoms with Crippen molar-refractivity contribution in [2.24, 2.45) is 5.92 Å². The van der Waals surface area contributed by atoms with Crippen molar-refractivity contribution in [3.63, 3.8) is 0 Å². The fourth-order valence-electron chi connectivity index (χ4n) is 4.79. The van der Waals surface area contributed by atoms with Gasteiger partial charge >= 0.3 is 11.9 Å². The maximum Gasteiger partial charge on any atom is 0.304 e. The Morgan fingerprint density at radius 3 is 1.95 bits per heavy atom. The zero-order chi connectivity index (χ0) is 26.7. The molecule has 0 bridgehead atoms. The van der Waals surface area contributed by atoms with Crippen molar-refractivity contribution in [1.82, 2.24) is 0 Å². The molecule has 0 aliphatic carbocycles. The minimum absolute atomic E-state index is 0.198. The Morgan fingerprint density at radius 2 is 1.37 bits per heavy atom. The van der Waals surface area contributed by atoms with Gasteiger partial charge in [0.2, 0.25) is 6.29 Å². The second kappa shape index (κ2) is 14.2. The summed E-state index contributed by atoms with van der Waals surface area (Å²) in [7, 11) is 0. The number of ether oxygens (including phenoxy) is 6. The van der Waals surface area contributed by atoms with Gasteiger partial charge in [0.15, 0.2) is 0 Å². The Balaban J connectivity index is 1.40. The van der Waals surface area contributed by atoms with Crippen molar-refractivity contribution in [1.29, 1.82) is 0 Å². The molecule has 8 heteroatoms. The molecular weight excluding hydrogens is 488 g/mol. The van der Waals surface area contributed by atoms with E-state index in [0.29, 0.717) is 32.7 Å². The Labute approximate surface area is 223 Å². The van der Waals surface area contributed by atoms with E-state index in [0.717, 1.165) is 11.1 Å². The zero-order valence-electron chi connectivity index (χ0n) is 21.9. The van der Waals surface area contributed by atoms with Gasteiger partial charge in [0.25, 0.3) is 0 Å². The first kappa shape index (κ1) is 28.0. The van der Waals surface area contributed by atoms with Gasteiger partial charge < -0.3 is 28.4 Å². The van der Waals surface area contributed by atoms with Gasteiger partial charge in [-0.25, -0.2) is 0 Å². The number of esters is 2. The summed E-state index contributed by atoms with van der Waals surface area (Å²) in [4.78, 5) is 24.0. The number of benzene rings is 2. The van der Waals surface area contributed by atoms with Gasteiger partial charge in [0.1, 0.15) is 6.10 Å². The second-order valence-electron chi connectivity index (χ2n) is 9.58. The SMILES string of the molecule is CC(=O)O[C@H]1O[C@H](COCc2ccccc2)C[C@H](OC(C)=O)[C@H]1[C@@H]1C=CC[C@@H](COCc2ccccc2)O1. The quantitative estimate of drug-likeness (QED) is 0.317. The predicted octanol–water partition coefficient (Wildman–Crippen LogP) is 4.36. The van der Waals surface area contributed by atoms with E-state index in [9.17, 15) is 9.59 Å². The lowest BCUT2D eigenvalue weighted by Crippen LogP contribution is -2.54. The van der Waals surface area contributed by atoms with Crippen molar-refractivity contribution in [2.45, 2.75) is 70.6 Å². The second-order valence-corrected chi connectivity index (χ2v) is 9.58. The predicted molar refractivity (Wildman–Crippen MR) is 139 cm³/mol. The van der Waals surface area contributed by atoms with Gasteiger partial charge in [0, 0.05) is 20.3 Å². The molecule has 0 saturated carbocycles. The first-order chi connectivity index (χ1) is 18.5. The largest absolute Gasteiger partial charge is 0.462 e. The number of hydrogen-bond acceptors (Lipinski definition) is 8. The van der Waals surface area contributed by atoms with E-state index >= 15 is 0 Å². The molecule has 2 aliphatic rings. The van der Waals surface area contributed by atoms with Crippen LogP contribution in [0.25, 0.3) is 0 Å². The number of rotatable bonds is 11. The molecule has 0 unspecified atom stereocenters. The molecular formula is C30H36O8. The molecule has 4 rings (SSSR count). The lowest BCUT2D eigenvalue weighted by atomic mass is 9.87. The molecule has 38 heavy (non-hydrogen) atoms. The summed E-state index contributed by atoms with van der Waals surface area (Å²) in [5, 5.41) is 0. The van der Waals surface area contributed by atoms with E-state index in [1.54, 1.807) is 0 Å². The minimum atomic E-state index is -0.963. The Hall–Kier alpha value is -3.04. The van der Waals surface area contributed by atoms with Crippen LogP contribution in [0.1, 0.15) is 37.8 Å². The summed E-state index contributed by atoms with van der Waals surface area (Å²) in [5.74, 6) is -1.45. The molecule has 8 nitrogen and oxygen atoms in total. The van der Waals surface area contributed by atoms with E-state index in [-0.39, 0.29) is 12.7 Å². The highest BCUT2D eigenvalue weighted by Gasteiger charge is 2.47. The van der Waals surface area contributed by atoms with Crippen molar-refractivity contribution in [3.05, 3.63) is 83.9 Å². The number of hydrogen-bond donors (Lipinski definition) is 0. The van der Waals surface area contributed by atoms with Gasteiger partial charge in [-0.15, -0.1) is 0 Å². The molecule has 0 amide bonds. The normalized spacial score (nSPS) is 27.0. The Kier molecular flexibility index (Phi) is 10.5. The fraction of sp³-hybridized carbons (Fsp3) is 0.467. The monoisotopic (exact) mass is 524 g/mol. The van der Waals surface area contributed by atoms with Crippen molar-refractivity contribution < 1.29 is 38.0 Å². The summed E-state index contributed by atoms with van der Waals surface area (Å²) in [6, 6.07) is 19.7. The maximum atomic E-state index is 12.0. The Morgan fingerprint density at radius 1 is 0.789 bits per heavy atom. The first-order valence-corrected chi connectivity index (χ1v) is 13.0. The van der Waals surface area contributed by atoms with Crippen LogP contribution in [0.3, 0.4) is 0 Å². The average Bonchev–Trinajstić information content (AvgIpc) is 2.89. The van der Waals surface area contributed by atoms with Crippen LogP contribution in [-0.2, 0) is 51.2 Å². The molecule has 0 spiro atoms.